The van der Waals surface area contributed by atoms with Gasteiger partial charge < -0.3 is 15.5 Å². The molecule has 0 saturated carbocycles. The first-order valence-electron chi connectivity index (χ1n) is 6.21. The van der Waals surface area contributed by atoms with Gasteiger partial charge in [0.2, 0.25) is 0 Å². The molecule has 0 spiro atoms. The molecule has 17 heavy (non-hydrogen) atoms. The summed E-state index contributed by atoms with van der Waals surface area (Å²) in [5.41, 5.74) is 7.98. The van der Waals surface area contributed by atoms with Gasteiger partial charge in [0.1, 0.15) is 5.82 Å². The lowest BCUT2D eigenvalue weighted by Gasteiger charge is -2.36. The van der Waals surface area contributed by atoms with Crippen molar-refractivity contribution in [1.82, 2.24) is 9.88 Å². The molecule has 0 aliphatic carbocycles. The molecule has 2 N–H and O–H groups in total. The molecule has 0 bridgehead atoms. The standard InChI is InChI=1S/C13H22N4/c1-10-8-12(9-15-13(10)14)17(3)11-4-6-16(2)7-5-11/h8-9,11H,4-7H2,1-3H3,(H2,14,15). The van der Waals surface area contributed by atoms with E-state index in [4.69, 9.17) is 5.73 Å². The summed E-state index contributed by atoms with van der Waals surface area (Å²) in [4.78, 5) is 8.96. The fourth-order valence-corrected chi connectivity index (χ4v) is 2.36. The van der Waals surface area contributed by atoms with Crippen molar-refractivity contribution in [3.8, 4) is 0 Å². The summed E-state index contributed by atoms with van der Waals surface area (Å²) in [7, 11) is 4.34. The molecule has 1 aliphatic heterocycles. The molecule has 0 amide bonds. The van der Waals surface area contributed by atoms with Gasteiger partial charge >= 0.3 is 0 Å². The van der Waals surface area contributed by atoms with Crippen LogP contribution in [-0.2, 0) is 0 Å². The Hall–Kier alpha value is -1.29. The Morgan fingerprint density at radius 2 is 2.06 bits per heavy atom. The van der Waals surface area contributed by atoms with Crippen molar-refractivity contribution in [2.75, 3.05) is 37.8 Å². The van der Waals surface area contributed by atoms with Crippen LogP contribution in [0.2, 0.25) is 0 Å². The van der Waals surface area contributed by atoms with Crippen molar-refractivity contribution in [2.24, 2.45) is 0 Å². The molecular formula is C13H22N4. The predicted molar refractivity (Wildman–Crippen MR) is 72.3 cm³/mol. The van der Waals surface area contributed by atoms with Crippen LogP contribution in [-0.4, -0.2) is 43.1 Å². The predicted octanol–water partition coefficient (Wildman–Crippen LogP) is 1.50. The molecule has 0 unspecified atom stereocenters. The molecule has 1 saturated heterocycles. The van der Waals surface area contributed by atoms with Crippen molar-refractivity contribution >= 4 is 11.5 Å². The summed E-state index contributed by atoms with van der Waals surface area (Å²) < 4.78 is 0. The minimum absolute atomic E-state index is 0.621. The molecule has 2 heterocycles. The zero-order chi connectivity index (χ0) is 12.4. The number of nitrogens with zero attached hydrogens (tertiary/aromatic N) is 3. The quantitative estimate of drug-likeness (QED) is 0.842. The van der Waals surface area contributed by atoms with Crippen LogP contribution in [0, 0.1) is 6.92 Å². The summed E-state index contributed by atoms with van der Waals surface area (Å²) in [5, 5.41) is 0. The van der Waals surface area contributed by atoms with Crippen molar-refractivity contribution < 1.29 is 0 Å². The Bertz CT molecular complexity index is 383. The first kappa shape index (κ1) is 12.2. The number of hydrogen-bond donors (Lipinski definition) is 1. The summed E-state index contributed by atoms with van der Waals surface area (Å²) in [6.07, 6.45) is 4.31. The van der Waals surface area contributed by atoms with Gasteiger partial charge in [-0.15, -0.1) is 0 Å². The first-order chi connectivity index (χ1) is 8.08. The maximum Gasteiger partial charge on any atom is 0.126 e. The molecule has 1 fully saturated rings. The number of likely N-dealkylation sites (tertiary alicyclic amines) is 1. The largest absolute Gasteiger partial charge is 0.383 e. The molecule has 0 radical (unpaired) electrons. The Morgan fingerprint density at radius 3 is 2.65 bits per heavy atom. The molecule has 4 nitrogen and oxygen atoms in total. The highest BCUT2D eigenvalue weighted by atomic mass is 15.2. The maximum atomic E-state index is 5.75. The van der Waals surface area contributed by atoms with Gasteiger partial charge in [-0.05, 0) is 51.5 Å². The van der Waals surface area contributed by atoms with Crippen LogP contribution < -0.4 is 10.6 Å². The molecule has 4 heteroatoms. The fraction of sp³-hybridized carbons (Fsp3) is 0.615. The lowest BCUT2D eigenvalue weighted by Crippen LogP contribution is -2.42. The average molecular weight is 234 g/mol. The zero-order valence-corrected chi connectivity index (χ0v) is 11.0. The van der Waals surface area contributed by atoms with Crippen LogP contribution in [0.5, 0.6) is 0 Å². The summed E-state index contributed by atoms with van der Waals surface area (Å²) in [5.74, 6) is 0.630. The molecule has 2 rings (SSSR count). The Balaban J connectivity index is 2.08. The van der Waals surface area contributed by atoms with Gasteiger partial charge in [-0.1, -0.05) is 0 Å². The van der Waals surface area contributed by atoms with Gasteiger partial charge in [-0.3, -0.25) is 0 Å². The molecule has 1 aromatic rings. The number of hydrogen-bond acceptors (Lipinski definition) is 4. The second kappa shape index (κ2) is 4.92. The number of aromatic nitrogens is 1. The van der Waals surface area contributed by atoms with Crippen LogP contribution in [0.25, 0.3) is 0 Å². The van der Waals surface area contributed by atoms with E-state index in [1.54, 1.807) is 0 Å². The van der Waals surface area contributed by atoms with E-state index in [0.29, 0.717) is 11.9 Å². The van der Waals surface area contributed by atoms with E-state index in [-0.39, 0.29) is 0 Å². The number of piperidine rings is 1. The third-order valence-corrected chi connectivity index (χ3v) is 3.75. The van der Waals surface area contributed by atoms with Gasteiger partial charge in [-0.25, -0.2) is 4.98 Å². The molecule has 1 aliphatic rings. The molecule has 1 aromatic heterocycles. The smallest absolute Gasteiger partial charge is 0.126 e. The highest BCUT2D eigenvalue weighted by molar-refractivity contribution is 5.52. The van der Waals surface area contributed by atoms with E-state index in [2.05, 4.69) is 34.9 Å². The van der Waals surface area contributed by atoms with Crippen LogP contribution in [0.1, 0.15) is 18.4 Å². The number of anilines is 2. The van der Waals surface area contributed by atoms with Gasteiger partial charge in [0.15, 0.2) is 0 Å². The first-order valence-corrected chi connectivity index (χ1v) is 6.21. The molecule has 0 atom stereocenters. The fourth-order valence-electron chi connectivity index (χ4n) is 2.36. The van der Waals surface area contributed by atoms with E-state index >= 15 is 0 Å². The van der Waals surface area contributed by atoms with Crippen LogP contribution >= 0.6 is 0 Å². The van der Waals surface area contributed by atoms with Gasteiger partial charge in [0, 0.05) is 13.1 Å². The lowest BCUT2D eigenvalue weighted by molar-refractivity contribution is 0.253. The van der Waals surface area contributed by atoms with Gasteiger partial charge in [0.05, 0.1) is 11.9 Å². The van der Waals surface area contributed by atoms with E-state index in [1.165, 1.54) is 31.6 Å². The summed E-state index contributed by atoms with van der Waals surface area (Å²) in [6.45, 7) is 4.36. The van der Waals surface area contributed by atoms with Crippen LogP contribution in [0.15, 0.2) is 12.3 Å². The normalized spacial score (nSPS) is 18.3. The minimum Gasteiger partial charge on any atom is -0.383 e. The minimum atomic E-state index is 0.621. The van der Waals surface area contributed by atoms with E-state index in [0.717, 1.165) is 5.56 Å². The third-order valence-electron chi connectivity index (χ3n) is 3.75. The lowest BCUT2D eigenvalue weighted by atomic mass is 10.0. The maximum absolute atomic E-state index is 5.75. The number of nitrogen functional groups attached to an aromatic ring is 1. The Kier molecular flexibility index (Phi) is 3.52. The van der Waals surface area contributed by atoms with Crippen molar-refractivity contribution in [3.63, 3.8) is 0 Å². The Labute approximate surface area is 103 Å². The van der Waals surface area contributed by atoms with Gasteiger partial charge in [0.25, 0.3) is 0 Å². The average Bonchev–Trinajstić information content (AvgIpc) is 2.33. The highest BCUT2D eigenvalue weighted by Gasteiger charge is 2.21. The summed E-state index contributed by atoms with van der Waals surface area (Å²) >= 11 is 0. The second-order valence-electron chi connectivity index (χ2n) is 5.04. The number of nitrogens with two attached hydrogens (primary N) is 1. The van der Waals surface area contributed by atoms with Crippen molar-refractivity contribution in [1.29, 1.82) is 0 Å². The zero-order valence-electron chi connectivity index (χ0n) is 11.0. The monoisotopic (exact) mass is 234 g/mol. The second-order valence-corrected chi connectivity index (χ2v) is 5.04. The number of rotatable bonds is 2. The van der Waals surface area contributed by atoms with E-state index < -0.39 is 0 Å². The third kappa shape index (κ3) is 2.69. The Morgan fingerprint density at radius 1 is 1.41 bits per heavy atom. The SMILES string of the molecule is Cc1cc(N(C)C2CCN(C)CC2)cnc1N. The van der Waals surface area contributed by atoms with Crippen molar-refractivity contribution in [2.45, 2.75) is 25.8 Å². The van der Waals surface area contributed by atoms with Crippen LogP contribution in [0.3, 0.4) is 0 Å². The number of aryl methyl sites for hydroxylation is 1. The van der Waals surface area contributed by atoms with E-state index in [9.17, 15) is 0 Å². The number of pyridine rings is 1. The summed E-state index contributed by atoms with van der Waals surface area (Å²) in [6, 6.07) is 2.75. The topological polar surface area (TPSA) is 45.4 Å². The van der Waals surface area contributed by atoms with Gasteiger partial charge in [-0.2, -0.15) is 0 Å². The van der Waals surface area contributed by atoms with E-state index in [1.807, 2.05) is 13.1 Å². The van der Waals surface area contributed by atoms with Crippen LogP contribution in [0.4, 0.5) is 11.5 Å². The van der Waals surface area contributed by atoms with Crippen molar-refractivity contribution in [3.05, 3.63) is 17.8 Å². The molecular weight excluding hydrogens is 212 g/mol. The highest BCUT2D eigenvalue weighted by Crippen LogP contribution is 2.23. The molecule has 0 aromatic carbocycles. The molecule has 94 valence electrons.